The molecule has 2 unspecified atom stereocenters. The first kappa shape index (κ1) is 12.8. The van der Waals surface area contributed by atoms with Crippen LogP contribution in [-0.2, 0) is 0 Å². The maximum Gasteiger partial charge on any atom is 0.274 e. The van der Waals surface area contributed by atoms with Crippen molar-refractivity contribution in [1.82, 2.24) is 4.98 Å². The molecule has 98 valence electrons. The summed E-state index contributed by atoms with van der Waals surface area (Å²) in [5.74, 6) is 1.21. The zero-order valence-corrected chi connectivity index (χ0v) is 10.6. The molecule has 1 aromatic heterocycles. The van der Waals surface area contributed by atoms with Gasteiger partial charge < -0.3 is 5.32 Å². The fourth-order valence-corrected chi connectivity index (χ4v) is 2.51. The molecule has 1 N–H and O–H groups in total. The van der Waals surface area contributed by atoms with Gasteiger partial charge in [-0.1, -0.05) is 26.2 Å². The minimum Gasteiger partial charge on any atom is -0.367 e. The molecule has 1 aliphatic carbocycles. The van der Waals surface area contributed by atoms with Gasteiger partial charge >= 0.3 is 0 Å². The van der Waals surface area contributed by atoms with E-state index in [1.165, 1.54) is 44.0 Å². The minimum atomic E-state index is -0.386. The summed E-state index contributed by atoms with van der Waals surface area (Å²) in [5.41, 5.74) is 0.0915. The third-order valence-corrected chi connectivity index (χ3v) is 3.65. The standard InChI is InChI=1S/C13H19N3O2/c1-10-5-3-2-4-6-12(10)15-13-9-11(16(17)18)7-8-14-13/h7-10,12H,2-6H2,1H3,(H,14,15). The van der Waals surface area contributed by atoms with Gasteiger partial charge in [-0.15, -0.1) is 0 Å². The van der Waals surface area contributed by atoms with Gasteiger partial charge in [0.2, 0.25) is 0 Å². The summed E-state index contributed by atoms with van der Waals surface area (Å²) < 4.78 is 0. The van der Waals surface area contributed by atoms with Gasteiger partial charge in [0.1, 0.15) is 5.82 Å². The van der Waals surface area contributed by atoms with Crippen molar-refractivity contribution in [1.29, 1.82) is 0 Å². The third kappa shape index (κ3) is 3.18. The Morgan fingerprint density at radius 3 is 2.94 bits per heavy atom. The van der Waals surface area contributed by atoms with Gasteiger partial charge in [-0.05, 0) is 18.8 Å². The molecular formula is C13H19N3O2. The van der Waals surface area contributed by atoms with Crippen molar-refractivity contribution in [2.45, 2.75) is 45.1 Å². The average molecular weight is 249 g/mol. The SMILES string of the molecule is CC1CCCCCC1Nc1cc([N+](=O)[O-])ccn1. The predicted molar refractivity (Wildman–Crippen MR) is 70.6 cm³/mol. The number of hydrogen-bond acceptors (Lipinski definition) is 4. The molecule has 1 heterocycles. The molecule has 0 bridgehead atoms. The number of anilines is 1. The Balaban J connectivity index is 2.07. The van der Waals surface area contributed by atoms with Crippen molar-refractivity contribution in [3.8, 4) is 0 Å². The number of hydrogen-bond donors (Lipinski definition) is 1. The lowest BCUT2D eigenvalue weighted by Gasteiger charge is -2.23. The van der Waals surface area contributed by atoms with Crippen LogP contribution in [0, 0.1) is 16.0 Å². The second-order valence-electron chi connectivity index (χ2n) is 5.02. The lowest BCUT2D eigenvalue weighted by atomic mass is 9.97. The molecule has 1 aromatic rings. The second kappa shape index (κ2) is 5.80. The number of aromatic nitrogens is 1. The fraction of sp³-hybridized carbons (Fsp3) is 0.615. The highest BCUT2D eigenvalue weighted by atomic mass is 16.6. The van der Waals surface area contributed by atoms with Gasteiger partial charge in [0.15, 0.2) is 0 Å². The number of nitrogens with one attached hydrogen (secondary N) is 1. The average Bonchev–Trinajstić information content (AvgIpc) is 2.55. The van der Waals surface area contributed by atoms with Crippen LogP contribution < -0.4 is 5.32 Å². The molecule has 0 amide bonds. The first-order chi connectivity index (χ1) is 8.66. The minimum absolute atomic E-state index is 0.0915. The molecule has 18 heavy (non-hydrogen) atoms. The summed E-state index contributed by atoms with van der Waals surface area (Å²) in [7, 11) is 0. The van der Waals surface area contributed by atoms with Crippen molar-refractivity contribution in [3.63, 3.8) is 0 Å². The molecule has 1 aliphatic rings. The summed E-state index contributed by atoms with van der Waals surface area (Å²) in [6.07, 6.45) is 7.60. The van der Waals surface area contributed by atoms with Crippen molar-refractivity contribution in [3.05, 3.63) is 28.4 Å². The van der Waals surface area contributed by atoms with E-state index in [-0.39, 0.29) is 10.6 Å². The van der Waals surface area contributed by atoms with Gasteiger partial charge in [0.25, 0.3) is 5.69 Å². The normalized spacial score (nSPS) is 24.3. The largest absolute Gasteiger partial charge is 0.367 e. The van der Waals surface area contributed by atoms with Crippen molar-refractivity contribution < 1.29 is 4.92 Å². The molecule has 0 aromatic carbocycles. The van der Waals surface area contributed by atoms with Crippen LogP contribution in [0.1, 0.15) is 39.0 Å². The van der Waals surface area contributed by atoms with Crippen LogP contribution in [0.3, 0.4) is 0 Å². The molecule has 5 heteroatoms. The summed E-state index contributed by atoms with van der Waals surface area (Å²) >= 11 is 0. The topological polar surface area (TPSA) is 68.1 Å². The summed E-state index contributed by atoms with van der Waals surface area (Å²) in [6, 6.07) is 3.31. The molecule has 0 saturated heterocycles. The molecule has 5 nitrogen and oxygen atoms in total. The van der Waals surface area contributed by atoms with Crippen LogP contribution in [0.4, 0.5) is 11.5 Å². The van der Waals surface area contributed by atoms with E-state index in [1.54, 1.807) is 0 Å². The van der Waals surface area contributed by atoms with Crippen LogP contribution in [0.5, 0.6) is 0 Å². The lowest BCUT2D eigenvalue weighted by molar-refractivity contribution is -0.384. The van der Waals surface area contributed by atoms with E-state index in [2.05, 4.69) is 17.2 Å². The third-order valence-electron chi connectivity index (χ3n) is 3.65. The zero-order valence-electron chi connectivity index (χ0n) is 10.6. The highest BCUT2D eigenvalue weighted by Crippen LogP contribution is 2.26. The van der Waals surface area contributed by atoms with E-state index in [0.29, 0.717) is 17.8 Å². The Labute approximate surface area is 107 Å². The maximum atomic E-state index is 10.7. The van der Waals surface area contributed by atoms with E-state index >= 15 is 0 Å². The molecule has 2 atom stereocenters. The van der Waals surface area contributed by atoms with Crippen LogP contribution in [0.25, 0.3) is 0 Å². The fourth-order valence-electron chi connectivity index (χ4n) is 2.51. The Morgan fingerprint density at radius 2 is 2.17 bits per heavy atom. The molecule has 0 aliphatic heterocycles. The smallest absolute Gasteiger partial charge is 0.274 e. The summed E-state index contributed by atoms with van der Waals surface area (Å²) in [4.78, 5) is 14.5. The monoisotopic (exact) mass is 249 g/mol. The molecule has 0 radical (unpaired) electrons. The van der Waals surface area contributed by atoms with Crippen LogP contribution >= 0.6 is 0 Å². The van der Waals surface area contributed by atoms with E-state index in [1.807, 2.05) is 0 Å². The molecule has 1 fully saturated rings. The van der Waals surface area contributed by atoms with Gasteiger partial charge in [0.05, 0.1) is 11.0 Å². The number of pyridine rings is 1. The number of nitro groups is 1. The summed E-state index contributed by atoms with van der Waals surface area (Å²) in [5, 5.41) is 14.1. The van der Waals surface area contributed by atoms with Crippen molar-refractivity contribution >= 4 is 11.5 Å². The highest BCUT2D eigenvalue weighted by molar-refractivity contribution is 5.44. The lowest BCUT2D eigenvalue weighted by Crippen LogP contribution is -2.26. The van der Waals surface area contributed by atoms with E-state index < -0.39 is 0 Å². The van der Waals surface area contributed by atoms with Gasteiger partial charge in [-0.2, -0.15) is 0 Å². The number of rotatable bonds is 3. The highest BCUT2D eigenvalue weighted by Gasteiger charge is 2.20. The molecular weight excluding hydrogens is 230 g/mol. The van der Waals surface area contributed by atoms with E-state index in [9.17, 15) is 10.1 Å². The van der Waals surface area contributed by atoms with Gasteiger partial charge in [-0.25, -0.2) is 4.98 Å². The summed E-state index contributed by atoms with van der Waals surface area (Å²) in [6.45, 7) is 2.24. The predicted octanol–water partition coefficient (Wildman–Crippen LogP) is 3.37. The first-order valence-corrected chi connectivity index (χ1v) is 6.54. The number of nitrogens with zero attached hydrogens (tertiary/aromatic N) is 2. The molecule has 0 spiro atoms. The first-order valence-electron chi connectivity index (χ1n) is 6.54. The van der Waals surface area contributed by atoms with E-state index in [0.717, 1.165) is 6.42 Å². The Bertz CT molecular complexity index is 422. The van der Waals surface area contributed by atoms with Crippen LogP contribution in [-0.4, -0.2) is 15.9 Å². The van der Waals surface area contributed by atoms with Crippen LogP contribution in [0.15, 0.2) is 18.3 Å². The zero-order chi connectivity index (χ0) is 13.0. The van der Waals surface area contributed by atoms with Crippen LogP contribution in [0.2, 0.25) is 0 Å². The maximum absolute atomic E-state index is 10.7. The van der Waals surface area contributed by atoms with Crippen molar-refractivity contribution in [2.24, 2.45) is 5.92 Å². The molecule has 2 rings (SSSR count). The second-order valence-corrected chi connectivity index (χ2v) is 5.02. The molecule has 1 saturated carbocycles. The van der Waals surface area contributed by atoms with Gasteiger partial charge in [0, 0.05) is 18.3 Å². The quantitative estimate of drug-likeness (QED) is 0.506. The Hall–Kier alpha value is -1.65. The Kier molecular flexibility index (Phi) is 4.12. The van der Waals surface area contributed by atoms with Crippen molar-refractivity contribution in [2.75, 3.05) is 5.32 Å². The van der Waals surface area contributed by atoms with E-state index in [4.69, 9.17) is 0 Å². The Morgan fingerprint density at radius 1 is 1.39 bits per heavy atom. The van der Waals surface area contributed by atoms with Gasteiger partial charge in [-0.3, -0.25) is 10.1 Å².